The number of amides is 3. The fourth-order valence-electron chi connectivity index (χ4n) is 5.62. The van der Waals surface area contributed by atoms with Crippen molar-refractivity contribution in [1.82, 2.24) is 10.2 Å². The maximum absolute atomic E-state index is 12.7. The highest BCUT2D eigenvalue weighted by atomic mass is 127. The molecule has 0 aromatic carbocycles. The van der Waals surface area contributed by atoms with Gasteiger partial charge in [0.25, 0.3) is 0 Å². The van der Waals surface area contributed by atoms with Gasteiger partial charge < -0.3 is 43.5 Å². The van der Waals surface area contributed by atoms with Gasteiger partial charge in [-0.1, -0.05) is 103 Å². The van der Waals surface area contributed by atoms with Crippen LogP contribution in [0.25, 0.3) is 0 Å². The monoisotopic (exact) mass is 745 g/mol. The Morgan fingerprint density at radius 1 is 0.867 bits per heavy atom. The standard InChI is InChI=1S/C35H59N3O6.HI/c1-4-6-7-8-9-10-11-12-13-14-15-16-17-18-20-23-36-34(40)43-28-31-25-33(42-27-31)29-44-35(41)38(30(3)39)26-32-22-19-21-24-37(32)5-2;/h19,21-22,24,31,33H,4-18,20,23,25-29H2,1-3H3;1H/t31-,33+;/m0./s1. The molecule has 0 saturated carbocycles. The Labute approximate surface area is 289 Å². The first-order valence-corrected chi connectivity index (χ1v) is 17.4. The van der Waals surface area contributed by atoms with Gasteiger partial charge in [-0.3, -0.25) is 4.79 Å². The molecule has 0 unspecified atom stereocenters. The van der Waals surface area contributed by atoms with E-state index in [-0.39, 0.29) is 61.7 Å². The van der Waals surface area contributed by atoms with Crippen LogP contribution in [-0.4, -0.2) is 55.5 Å². The Bertz CT molecular complexity index is 950. The molecule has 1 N–H and O–H groups in total. The SMILES string of the molecule is CCCCCCCCCCCCCCCCCNC(=O)OC[C@@H]1CO[C@@H](COC(=O)N(Cc2cccc[n+]2CC)C(C)=O)C1.[I-]. The molecule has 0 radical (unpaired) electrons. The zero-order valence-corrected chi connectivity index (χ0v) is 30.4. The Balaban J connectivity index is 0.0000101. The molecule has 1 aromatic heterocycles. The van der Waals surface area contributed by atoms with Gasteiger partial charge in [-0.2, -0.15) is 0 Å². The van der Waals surface area contributed by atoms with Crippen LogP contribution >= 0.6 is 0 Å². The number of alkyl carbamates (subject to hydrolysis) is 1. The van der Waals surface area contributed by atoms with Gasteiger partial charge in [0, 0.05) is 31.5 Å². The number of carbonyl (C=O) groups excluding carboxylic acids is 3. The van der Waals surface area contributed by atoms with Crippen molar-refractivity contribution in [2.45, 2.75) is 143 Å². The summed E-state index contributed by atoms with van der Waals surface area (Å²) in [5, 5.41) is 2.85. The summed E-state index contributed by atoms with van der Waals surface area (Å²) in [5.74, 6) is -0.331. The molecular weight excluding hydrogens is 685 g/mol. The van der Waals surface area contributed by atoms with Crippen molar-refractivity contribution in [3.8, 4) is 0 Å². The number of carbonyl (C=O) groups is 3. The number of rotatable bonds is 23. The van der Waals surface area contributed by atoms with Gasteiger partial charge in [0.05, 0.1) is 19.3 Å². The van der Waals surface area contributed by atoms with Crippen molar-refractivity contribution in [3.63, 3.8) is 0 Å². The van der Waals surface area contributed by atoms with E-state index >= 15 is 0 Å². The van der Waals surface area contributed by atoms with Gasteiger partial charge in [0.15, 0.2) is 6.20 Å². The molecule has 1 fully saturated rings. The smallest absolute Gasteiger partial charge is 0.417 e. The third-order valence-corrected chi connectivity index (χ3v) is 8.35. The first-order valence-electron chi connectivity index (χ1n) is 17.4. The van der Waals surface area contributed by atoms with E-state index in [1.807, 2.05) is 35.9 Å². The minimum absolute atomic E-state index is 0. The molecule has 0 spiro atoms. The van der Waals surface area contributed by atoms with E-state index in [9.17, 15) is 14.4 Å². The lowest BCUT2D eigenvalue weighted by molar-refractivity contribution is -0.701. The topological polar surface area (TPSA) is 98.1 Å². The lowest BCUT2D eigenvalue weighted by atomic mass is 10.0. The lowest BCUT2D eigenvalue weighted by Gasteiger charge is -2.19. The van der Waals surface area contributed by atoms with Crippen LogP contribution in [0.4, 0.5) is 9.59 Å². The van der Waals surface area contributed by atoms with E-state index in [1.165, 1.54) is 90.4 Å². The van der Waals surface area contributed by atoms with E-state index < -0.39 is 12.2 Å². The molecule has 0 bridgehead atoms. The van der Waals surface area contributed by atoms with Crippen LogP contribution in [0.3, 0.4) is 0 Å². The second-order valence-electron chi connectivity index (χ2n) is 12.2. The zero-order chi connectivity index (χ0) is 31.8. The van der Waals surface area contributed by atoms with Crippen molar-refractivity contribution in [3.05, 3.63) is 30.1 Å². The number of pyridine rings is 1. The van der Waals surface area contributed by atoms with Crippen LogP contribution in [0.5, 0.6) is 0 Å². The zero-order valence-electron chi connectivity index (χ0n) is 28.2. The summed E-state index contributed by atoms with van der Waals surface area (Å²) in [7, 11) is 0. The van der Waals surface area contributed by atoms with Crippen molar-refractivity contribution < 1.29 is 57.1 Å². The largest absolute Gasteiger partial charge is 1.00 e. The molecule has 45 heavy (non-hydrogen) atoms. The number of hydrogen-bond donors (Lipinski definition) is 1. The molecule has 2 heterocycles. The minimum Gasteiger partial charge on any atom is -1.00 e. The van der Waals surface area contributed by atoms with Crippen molar-refractivity contribution in [2.24, 2.45) is 5.92 Å². The van der Waals surface area contributed by atoms with E-state index in [1.54, 1.807) is 0 Å². The highest BCUT2D eigenvalue weighted by Gasteiger charge is 2.30. The van der Waals surface area contributed by atoms with Gasteiger partial charge in [-0.15, -0.1) is 0 Å². The number of unbranched alkanes of at least 4 members (excludes halogenated alkanes) is 14. The number of nitrogens with one attached hydrogen (secondary N) is 1. The van der Waals surface area contributed by atoms with Gasteiger partial charge in [-0.25, -0.2) is 19.1 Å². The van der Waals surface area contributed by atoms with Crippen LogP contribution in [0, 0.1) is 5.92 Å². The van der Waals surface area contributed by atoms with Crippen LogP contribution in [-0.2, 0) is 32.1 Å². The first kappa shape index (κ1) is 41.1. The highest BCUT2D eigenvalue weighted by molar-refractivity contribution is 5.90. The molecule has 1 aliphatic rings. The Morgan fingerprint density at radius 3 is 2.04 bits per heavy atom. The summed E-state index contributed by atoms with van der Waals surface area (Å²) in [6.45, 7) is 7.87. The molecule has 1 aromatic rings. The second kappa shape index (κ2) is 26.2. The maximum atomic E-state index is 12.7. The summed E-state index contributed by atoms with van der Waals surface area (Å²) in [5.41, 5.74) is 0.842. The molecule has 1 aliphatic heterocycles. The number of hydrogen-bond acceptors (Lipinski definition) is 6. The number of nitrogens with zero attached hydrogens (tertiary/aromatic N) is 2. The Morgan fingerprint density at radius 2 is 1.47 bits per heavy atom. The van der Waals surface area contributed by atoms with Crippen LogP contribution < -0.4 is 33.9 Å². The Hall–Kier alpha value is -1.95. The molecule has 10 heteroatoms. The third kappa shape index (κ3) is 18.7. The lowest BCUT2D eigenvalue weighted by Crippen LogP contribution is -3.00. The summed E-state index contributed by atoms with van der Waals surface area (Å²) in [6, 6.07) is 5.67. The molecule has 0 aliphatic carbocycles. The molecular formula is C35H60IN3O6. The summed E-state index contributed by atoms with van der Waals surface area (Å²) in [6.07, 6.45) is 20.9. The quantitative estimate of drug-likeness (QED) is 0.101. The number of aromatic nitrogens is 1. The van der Waals surface area contributed by atoms with Crippen LogP contribution in [0.2, 0.25) is 0 Å². The maximum Gasteiger partial charge on any atom is 0.417 e. The Kier molecular flexibility index (Phi) is 23.9. The van der Waals surface area contributed by atoms with Crippen LogP contribution in [0.1, 0.15) is 129 Å². The summed E-state index contributed by atoms with van der Waals surface area (Å²) < 4.78 is 18.5. The average molecular weight is 746 g/mol. The van der Waals surface area contributed by atoms with Crippen molar-refractivity contribution in [2.75, 3.05) is 26.4 Å². The second-order valence-corrected chi connectivity index (χ2v) is 12.2. The fraction of sp³-hybridized carbons (Fsp3) is 0.771. The van der Waals surface area contributed by atoms with E-state index in [0.717, 1.165) is 30.0 Å². The molecule has 2 rings (SSSR count). The number of halogens is 1. The van der Waals surface area contributed by atoms with Gasteiger partial charge in [-0.05, 0) is 19.8 Å². The predicted molar refractivity (Wildman–Crippen MR) is 172 cm³/mol. The summed E-state index contributed by atoms with van der Waals surface area (Å²) in [4.78, 5) is 38.0. The van der Waals surface area contributed by atoms with Crippen molar-refractivity contribution >= 4 is 18.1 Å². The number of imide groups is 1. The molecule has 258 valence electrons. The average Bonchev–Trinajstić information content (AvgIpc) is 3.49. The normalized spacial score (nSPS) is 15.7. The third-order valence-electron chi connectivity index (χ3n) is 8.35. The number of ether oxygens (including phenoxy) is 3. The first-order chi connectivity index (χ1) is 21.4. The molecule has 1 saturated heterocycles. The molecule has 2 atom stereocenters. The minimum atomic E-state index is -0.689. The van der Waals surface area contributed by atoms with Crippen LogP contribution in [0.15, 0.2) is 24.4 Å². The molecule has 9 nitrogen and oxygen atoms in total. The van der Waals surface area contributed by atoms with Gasteiger partial charge in [0.2, 0.25) is 11.6 Å². The predicted octanol–water partition coefficient (Wildman–Crippen LogP) is 4.49. The molecule has 3 amide bonds. The highest BCUT2D eigenvalue weighted by Crippen LogP contribution is 2.21. The van der Waals surface area contributed by atoms with Crippen molar-refractivity contribution in [1.29, 1.82) is 0 Å². The summed E-state index contributed by atoms with van der Waals surface area (Å²) >= 11 is 0. The van der Waals surface area contributed by atoms with E-state index in [4.69, 9.17) is 14.2 Å². The fourth-order valence-corrected chi connectivity index (χ4v) is 5.62. The van der Waals surface area contributed by atoms with E-state index in [2.05, 4.69) is 12.2 Å². The number of aryl methyl sites for hydroxylation is 1. The van der Waals surface area contributed by atoms with Gasteiger partial charge in [0.1, 0.15) is 19.7 Å². The van der Waals surface area contributed by atoms with Gasteiger partial charge >= 0.3 is 12.2 Å². The van der Waals surface area contributed by atoms with E-state index in [0.29, 0.717) is 19.6 Å².